The maximum atomic E-state index is 12.2. The zero-order chi connectivity index (χ0) is 17.4. The summed E-state index contributed by atoms with van der Waals surface area (Å²) in [6.45, 7) is 6.19. The van der Waals surface area contributed by atoms with Crippen LogP contribution in [0.2, 0.25) is 0 Å². The minimum absolute atomic E-state index is 0.00668. The molecule has 0 fully saturated rings. The van der Waals surface area contributed by atoms with E-state index in [1.807, 2.05) is 0 Å². The van der Waals surface area contributed by atoms with Gasteiger partial charge in [0.05, 0.1) is 6.04 Å². The van der Waals surface area contributed by atoms with Gasteiger partial charge in [-0.15, -0.1) is 0 Å². The first kappa shape index (κ1) is 19.7. The number of likely N-dealkylation sites (N-methyl/N-ethyl adjacent to an activating group) is 1. The molecule has 0 aromatic heterocycles. The van der Waals surface area contributed by atoms with Crippen molar-refractivity contribution < 1.29 is 14.7 Å². The number of carbonyl (C=O) groups is 2. The van der Waals surface area contributed by atoms with Crippen LogP contribution in [0.5, 0.6) is 0 Å². The summed E-state index contributed by atoms with van der Waals surface area (Å²) in [5, 5.41) is 9.96. The van der Waals surface area contributed by atoms with E-state index in [1.165, 1.54) is 43.4 Å². The molecule has 0 aromatic rings. The summed E-state index contributed by atoms with van der Waals surface area (Å²) < 4.78 is 0. The van der Waals surface area contributed by atoms with Crippen molar-refractivity contribution in [1.29, 1.82) is 0 Å². The predicted molar refractivity (Wildman–Crippen MR) is 93.3 cm³/mol. The molecule has 0 bridgehead atoms. The van der Waals surface area contributed by atoms with Crippen molar-refractivity contribution in [3.8, 4) is 0 Å². The molecule has 4 heteroatoms. The Morgan fingerprint density at radius 2 is 1.78 bits per heavy atom. The molecule has 0 aromatic carbocycles. The fraction of sp³-hybridized carbons (Fsp3) is 0.789. The highest BCUT2D eigenvalue weighted by molar-refractivity contribution is 6.21. The minimum Gasteiger partial charge on any atom is -0.509 e. The summed E-state index contributed by atoms with van der Waals surface area (Å²) in [7, 11) is 1.62. The number of aliphatic hydroxyl groups excluding tert-OH is 1. The molecule has 0 saturated heterocycles. The summed E-state index contributed by atoms with van der Waals surface area (Å²) in [5.74, 6) is 0.00201. The molecule has 0 radical (unpaired) electrons. The molecule has 1 N–H and O–H groups in total. The molecular formula is C19H33NO3. The first-order chi connectivity index (χ1) is 10.9. The summed E-state index contributed by atoms with van der Waals surface area (Å²) in [4.78, 5) is 25.6. The van der Waals surface area contributed by atoms with Gasteiger partial charge in [-0.1, -0.05) is 58.8 Å². The number of ketones is 1. The Morgan fingerprint density at radius 1 is 1.17 bits per heavy atom. The monoisotopic (exact) mass is 323 g/mol. The molecule has 0 aliphatic carbocycles. The highest BCUT2D eigenvalue weighted by atomic mass is 16.3. The van der Waals surface area contributed by atoms with Gasteiger partial charge < -0.3 is 10.0 Å². The molecule has 2 atom stereocenters. The standard InChI is InChI=1S/C19H33NO3/c1-5-6-7-8-9-11-14(2)12-10-13-16(21)17-18(22)15(3)20(4)19(17)23/h14-15,22H,5-13H2,1-4H3/t14?,15-/m0/s1. The Kier molecular flexibility index (Phi) is 8.35. The van der Waals surface area contributed by atoms with Crippen LogP contribution in [0.4, 0.5) is 0 Å². The molecule has 0 spiro atoms. The Hall–Kier alpha value is -1.32. The fourth-order valence-electron chi connectivity index (χ4n) is 3.09. The second-order valence-electron chi connectivity index (χ2n) is 6.98. The summed E-state index contributed by atoms with van der Waals surface area (Å²) in [6.07, 6.45) is 9.84. The number of aliphatic hydroxyl groups is 1. The van der Waals surface area contributed by atoms with Gasteiger partial charge in [-0.25, -0.2) is 0 Å². The van der Waals surface area contributed by atoms with Crippen LogP contribution < -0.4 is 0 Å². The van der Waals surface area contributed by atoms with Crippen LogP contribution in [0.3, 0.4) is 0 Å². The molecule has 23 heavy (non-hydrogen) atoms. The molecule has 1 rings (SSSR count). The molecule has 1 aliphatic heterocycles. The minimum atomic E-state index is -0.386. The van der Waals surface area contributed by atoms with Crippen molar-refractivity contribution in [2.24, 2.45) is 5.92 Å². The van der Waals surface area contributed by atoms with Crippen molar-refractivity contribution in [2.45, 2.75) is 84.6 Å². The maximum absolute atomic E-state index is 12.2. The number of rotatable bonds is 11. The smallest absolute Gasteiger partial charge is 0.261 e. The van der Waals surface area contributed by atoms with Crippen LogP contribution in [-0.2, 0) is 9.59 Å². The molecule has 1 amide bonds. The molecule has 4 nitrogen and oxygen atoms in total. The van der Waals surface area contributed by atoms with Gasteiger partial charge in [-0.05, 0) is 19.3 Å². The van der Waals surface area contributed by atoms with Crippen molar-refractivity contribution >= 4 is 11.7 Å². The van der Waals surface area contributed by atoms with Gasteiger partial charge in [0, 0.05) is 13.5 Å². The highest BCUT2D eigenvalue weighted by Gasteiger charge is 2.37. The van der Waals surface area contributed by atoms with E-state index >= 15 is 0 Å². The van der Waals surface area contributed by atoms with Crippen molar-refractivity contribution in [3.63, 3.8) is 0 Å². The van der Waals surface area contributed by atoms with Crippen LogP contribution in [0.15, 0.2) is 11.3 Å². The topological polar surface area (TPSA) is 57.6 Å². The molecule has 1 unspecified atom stereocenters. The number of unbranched alkanes of at least 4 members (excludes halogenated alkanes) is 4. The molecular weight excluding hydrogens is 290 g/mol. The Morgan fingerprint density at radius 3 is 2.35 bits per heavy atom. The van der Waals surface area contributed by atoms with Gasteiger partial charge in [0.1, 0.15) is 11.3 Å². The van der Waals surface area contributed by atoms with Crippen LogP contribution in [0.25, 0.3) is 0 Å². The lowest BCUT2D eigenvalue weighted by Gasteiger charge is -2.14. The van der Waals surface area contributed by atoms with Crippen LogP contribution >= 0.6 is 0 Å². The number of carbonyl (C=O) groups excluding carboxylic acids is 2. The molecule has 0 saturated carbocycles. The zero-order valence-electron chi connectivity index (χ0n) is 15.2. The van der Waals surface area contributed by atoms with Gasteiger partial charge in [0.25, 0.3) is 5.91 Å². The Balaban J connectivity index is 2.28. The fourth-order valence-corrected chi connectivity index (χ4v) is 3.09. The third-order valence-electron chi connectivity index (χ3n) is 4.95. The van der Waals surface area contributed by atoms with E-state index in [2.05, 4.69) is 13.8 Å². The average Bonchev–Trinajstić information content (AvgIpc) is 2.71. The van der Waals surface area contributed by atoms with Crippen LogP contribution in [-0.4, -0.2) is 34.8 Å². The van der Waals surface area contributed by atoms with Gasteiger partial charge in [0.15, 0.2) is 5.78 Å². The van der Waals surface area contributed by atoms with E-state index in [0.29, 0.717) is 12.3 Å². The van der Waals surface area contributed by atoms with E-state index in [0.717, 1.165) is 12.8 Å². The lowest BCUT2D eigenvalue weighted by molar-refractivity contribution is -0.128. The normalized spacial score (nSPS) is 19.6. The van der Waals surface area contributed by atoms with Gasteiger partial charge >= 0.3 is 0 Å². The quantitative estimate of drug-likeness (QED) is 0.453. The van der Waals surface area contributed by atoms with Crippen LogP contribution in [0, 0.1) is 5.92 Å². The lowest BCUT2D eigenvalue weighted by Crippen LogP contribution is -2.30. The lowest BCUT2D eigenvalue weighted by atomic mass is 9.95. The third kappa shape index (κ3) is 5.67. The van der Waals surface area contributed by atoms with Gasteiger partial charge in [-0.3, -0.25) is 9.59 Å². The van der Waals surface area contributed by atoms with Crippen molar-refractivity contribution in [1.82, 2.24) is 4.90 Å². The summed E-state index contributed by atoms with van der Waals surface area (Å²) in [6, 6.07) is -0.386. The first-order valence-corrected chi connectivity index (χ1v) is 9.13. The van der Waals surface area contributed by atoms with E-state index < -0.39 is 0 Å². The van der Waals surface area contributed by atoms with E-state index in [-0.39, 0.29) is 29.1 Å². The largest absolute Gasteiger partial charge is 0.509 e. The number of hydrogen-bond donors (Lipinski definition) is 1. The van der Waals surface area contributed by atoms with Gasteiger partial charge in [-0.2, -0.15) is 0 Å². The van der Waals surface area contributed by atoms with Crippen molar-refractivity contribution in [3.05, 3.63) is 11.3 Å². The number of nitrogens with zero attached hydrogens (tertiary/aromatic N) is 1. The number of Topliss-reactive ketones (excluding diaryl/α,β-unsaturated/α-hetero) is 1. The molecule has 132 valence electrons. The molecule has 1 heterocycles. The number of hydrogen-bond acceptors (Lipinski definition) is 3. The Bertz CT molecular complexity index is 442. The second kappa shape index (κ2) is 9.74. The predicted octanol–water partition coefficient (Wildman–Crippen LogP) is 4.40. The second-order valence-corrected chi connectivity index (χ2v) is 6.98. The summed E-state index contributed by atoms with van der Waals surface area (Å²) in [5.41, 5.74) is 0.00668. The summed E-state index contributed by atoms with van der Waals surface area (Å²) >= 11 is 0. The van der Waals surface area contributed by atoms with Gasteiger partial charge in [0.2, 0.25) is 0 Å². The Labute approximate surface area is 140 Å². The first-order valence-electron chi connectivity index (χ1n) is 9.13. The number of amides is 1. The van der Waals surface area contributed by atoms with E-state index in [9.17, 15) is 14.7 Å². The maximum Gasteiger partial charge on any atom is 0.261 e. The SMILES string of the molecule is CCCCCCCC(C)CCCC(=O)C1=C(O)[C@H](C)N(C)C1=O. The van der Waals surface area contributed by atoms with E-state index in [4.69, 9.17) is 0 Å². The van der Waals surface area contributed by atoms with Crippen LogP contribution in [0.1, 0.15) is 78.6 Å². The molecule has 1 aliphatic rings. The average molecular weight is 323 g/mol. The zero-order valence-corrected chi connectivity index (χ0v) is 15.2. The van der Waals surface area contributed by atoms with E-state index in [1.54, 1.807) is 14.0 Å². The van der Waals surface area contributed by atoms with Crippen molar-refractivity contribution in [2.75, 3.05) is 7.05 Å². The highest BCUT2D eigenvalue weighted by Crippen LogP contribution is 2.25. The third-order valence-corrected chi connectivity index (χ3v) is 4.95.